The van der Waals surface area contributed by atoms with Crippen molar-refractivity contribution in [3.63, 3.8) is 0 Å². The average molecular weight is 544 g/mol. The highest BCUT2D eigenvalue weighted by atomic mass is 35.5. The molecule has 0 saturated carbocycles. The normalized spacial score (nSPS) is 14.3. The summed E-state index contributed by atoms with van der Waals surface area (Å²) in [4.78, 5) is 39.2. The molecular formula is C26H19Cl2NO6S. The average Bonchev–Trinajstić information content (AvgIpc) is 3.13. The quantitative estimate of drug-likeness (QED) is 0.186. The third-order valence-corrected chi connectivity index (χ3v) is 6.45. The number of hydrogen-bond acceptors (Lipinski definition) is 7. The lowest BCUT2D eigenvalue weighted by atomic mass is 10.1. The van der Waals surface area contributed by atoms with Crippen LogP contribution in [-0.2, 0) is 4.79 Å². The molecule has 1 saturated heterocycles. The second-order valence-electron chi connectivity index (χ2n) is 7.44. The van der Waals surface area contributed by atoms with Gasteiger partial charge in [0.1, 0.15) is 12.4 Å². The van der Waals surface area contributed by atoms with E-state index in [0.717, 1.165) is 16.7 Å². The van der Waals surface area contributed by atoms with E-state index in [9.17, 15) is 14.4 Å². The highest BCUT2D eigenvalue weighted by Gasteiger charge is 2.34. The summed E-state index contributed by atoms with van der Waals surface area (Å²) in [6, 6.07) is 17.9. The lowest BCUT2D eigenvalue weighted by Crippen LogP contribution is -2.32. The van der Waals surface area contributed by atoms with Crippen molar-refractivity contribution < 1.29 is 28.6 Å². The summed E-state index contributed by atoms with van der Waals surface area (Å²) >= 11 is 12.6. The van der Waals surface area contributed by atoms with Gasteiger partial charge in [-0.3, -0.25) is 14.5 Å². The minimum atomic E-state index is -0.594. The fraction of sp³-hybridized carbons (Fsp3) is 0.115. The summed E-state index contributed by atoms with van der Waals surface area (Å²) < 4.78 is 16.4. The number of rotatable bonds is 8. The summed E-state index contributed by atoms with van der Waals surface area (Å²) in [5.74, 6) is 0.0629. The van der Waals surface area contributed by atoms with Gasteiger partial charge in [-0.25, -0.2) is 4.79 Å². The van der Waals surface area contributed by atoms with Crippen molar-refractivity contribution in [3.8, 4) is 17.2 Å². The van der Waals surface area contributed by atoms with Crippen molar-refractivity contribution in [2.75, 3.05) is 20.3 Å². The number of benzene rings is 3. The maximum atomic E-state index is 12.8. The van der Waals surface area contributed by atoms with Crippen molar-refractivity contribution in [2.24, 2.45) is 0 Å². The third-order valence-electron chi connectivity index (χ3n) is 5.04. The van der Waals surface area contributed by atoms with Crippen LogP contribution in [0.25, 0.3) is 6.08 Å². The Kier molecular flexibility index (Phi) is 8.20. The molecule has 1 heterocycles. The van der Waals surface area contributed by atoms with Crippen LogP contribution >= 0.6 is 35.0 Å². The molecule has 0 atom stereocenters. The van der Waals surface area contributed by atoms with Gasteiger partial charge in [0.2, 0.25) is 0 Å². The first-order valence-electron chi connectivity index (χ1n) is 10.6. The second-order valence-corrected chi connectivity index (χ2v) is 9.31. The van der Waals surface area contributed by atoms with E-state index in [0.29, 0.717) is 32.7 Å². The number of amides is 2. The van der Waals surface area contributed by atoms with Crippen LogP contribution in [0.15, 0.2) is 71.6 Å². The van der Waals surface area contributed by atoms with E-state index < -0.39 is 17.1 Å². The number of thioether (sulfide) groups is 1. The molecule has 0 aliphatic carbocycles. The van der Waals surface area contributed by atoms with Gasteiger partial charge in [-0.2, -0.15) is 0 Å². The number of imide groups is 1. The molecular weight excluding hydrogens is 525 g/mol. The molecule has 0 bridgehead atoms. The van der Waals surface area contributed by atoms with Crippen LogP contribution in [0.5, 0.6) is 17.2 Å². The summed E-state index contributed by atoms with van der Waals surface area (Å²) in [5.41, 5.74) is 0.867. The molecule has 0 radical (unpaired) electrons. The molecule has 2 amide bonds. The predicted octanol–water partition coefficient (Wildman–Crippen LogP) is 6.34. The Bertz CT molecular complexity index is 1330. The Morgan fingerprint density at radius 2 is 1.61 bits per heavy atom. The zero-order valence-corrected chi connectivity index (χ0v) is 21.2. The standard InChI is InChI=1S/C26H19Cl2NO6S/c1-33-21-11-2-16(14-22(21)35-25(31)17-3-5-18(27)6-4-17)15-23-24(30)29(26(32)36-23)12-13-34-20-9-7-19(28)8-10-20/h2-11,14-15H,12-13H2,1H3/b23-15-. The van der Waals surface area contributed by atoms with Crippen molar-refractivity contribution in [1.82, 2.24) is 4.90 Å². The zero-order valence-electron chi connectivity index (χ0n) is 18.9. The molecule has 0 N–H and O–H groups in total. The predicted molar refractivity (Wildman–Crippen MR) is 139 cm³/mol. The zero-order chi connectivity index (χ0) is 25.7. The molecule has 0 spiro atoms. The van der Waals surface area contributed by atoms with E-state index in [-0.39, 0.29) is 23.8 Å². The molecule has 0 unspecified atom stereocenters. The van der Waals surface area contributed by atoms with E-state index >= 15 is 0 Å². The topological polar surface area (TPSA) is 82.1 Å². The third kappa shape index (κ3) is 6.20. The van der Waals surface area contributed by atoms with Gasteiger partial charge in [0, 0.05) is 10.0 Å². The summed E-state index contributed by atoms with van der Waals surface area (Å²) in [7, 11) is 1.45. The molecule has 1 aliphatic rings. The lowest BCUT2D eigenvalue weighted by molar-refractivity contribution is -0.123. The Labute approximate surface area is 221 Å². The van der Waals surface area contributed by atoms with Crippen LogP contribution < -0.4 is 14.2 Å². The first-order chi connectivity index (χ1) is 17.3. The van der Waals surface area contributed by atoms with Crippen molar-refractivity contribution >= 4 is 58.2 Å². The SMILES string of the molecule is COc1ccc(/C=C2\SC(=O)N(CCOc3ccc(Cl)cc3)C2=O)cc1OC(=O)c1ccc(Cl)cc1. The number of halogens is 2. The van der Waals surface area contributed by atoms with Gasteiger partial charge in [-0.1, -0.05) is 29.3 Å². The fourth-order valence-corrected chi connectivity index (χ4v) is 4.35. The minimum absolute atomic E-state index is 0.0944. The van der Waals surface area contributed by atoms with Crippen LogP contribution in [-0.4, -0.2) is 42.3 Å². The Morgan fingerprint density at radius 1 is 0.944 bits per heavy atom. The van der Waals surface area contributed by atoms with E-state index in [1.807, 2.05) is 0 Å². The van der Waals surface area contributed by atoms with Crippen molar-refractivity contribution in [3.05, 3.63) is 92.8 Å². The Hall–Kier alpha value is -3.46. The summed E-state index contributed by atoms with van der Waals surface area (Å²) in [6.45, 7) is 0.234. The van der Waals surface area contributed by atoms with E-state index in [1.54, 1.807) is 72.8 Å². The molecule has 4 rings (SSSR count). The van der Waals surface area contributed by atoms with Gasteiger partial charge >= 0.3 is 5.97 Å². The van der Waals surface area contributed by atoms with Gasteiger partial charge in [-0.15, -0.1) is 0 Å². The van der Waals surface area contributed by atoms with Gasteiger partial charge in [0.25, 0.3) is 11.1 Å². The van der Waals surface area contributed by atoms with Crippen molar-refractivity contribution in [2.45, 2.75) is 0 Å². The molecule has 184 valence electrons. The maximum Gasteiger partial charge on any atom is 0.343 e. The largest absolute Gasteiger partial charge is 0.493 e. The molecule has 7 nitrogen and oxygen atoms in total. The highest BCUT2D eigenvalue weighted by Crippen LogP contribution is 2.35. The van der Waals surface area contributed by atoms with Gasteiger partial charge in [-0.05, 0) is 84.1 Å². The van der Waals surface area contributed by atoms with Gasteiger partial charge < -0.3 is 14.2 Å². The number of ether oxygens (including phenoxy) is 3. The molecule has 10 heteroatoms. The van der Waals surface area contributed by atoms with Crippen LogP contribution in [0.3, 0.4) is 0 Å². The molecule has 1 aliphatic heterocycles. The van der Waals surface area contributed by atoms with Crippen LogP contribution in [0.4, 0.5) is 4.79 Å². The smallest absolute Gasteiger partial charge is 0.343 e. The molecule has 1 fully saturated rings. The molecule has 3 aromatic rings. The van der Waals surface area contributed by atoms with Crippen LogP contribution in [0, 0.1) is 0 Å². The van der Waals surface area contributed by atoms with Crippen LogP contribution in [0.1, 0.15) is 15.9 Å². The lowest BCUT2D eigenvalue weighted by Gasteiger charge is -2.13. The van der Waals surface area contributed by atoms with Gasteiger partial charge in [0.15, 0.2) is 11.5 Å². The molecule has 3 aromatic carbocycles. The van der Waals surface area contributed by atoms with Gasteiger partial charge in [0.05, 0.1) is 24.1 Å². The fourth-order valence-electron chi connectivity index (χ4n) is 3.24. The van der Waals surface area contributed by atoms with E-state index in [4.69, 9.17) is 37.4 Å². The molecule has 36 heavy (non-hydrogen) atoms. The highest BCUT2D eigenvalue weighted by molar-refractivity contribution is 8.18. The Balaban J connectivity index is 1.45. The first-order valence-corrected chi connectivity index (χ1v) is 12.2. The number of methoxy groups -OCH3 is 1. The minimum Gasteiger partial charge on any atom is -0.493 e. The maximum absolute atomic E-state index is 12.8. The Morgan fingerprint density at radius 3 is 2.28 bits per heavy atom. The van der Waals surface area contributed by atoms with E-state index in [2.05, 4.69) is 0 Å². The number of carbonyl (C=O) groups excluding carboxylic acids is 3. The van der Waals surface area contributed by atoms with Crippen molar-refractivity contribution in [1.29, 1.82) is 0 Å². The number of carbonyl (C=O) groups is 3. The second kappa shape index (κ2) is 11.5. The van der Waals surface area contributed by atoms with E-state index in [1.165, 1.54) is 7.11 Å². The summed E-state index contributed by atoms with van der Waals surface area (Å²) in [5, 5.41) is 0.685. The monoisotopic (exact) mass is 543 g/mol. The summed E-state index contributed by atoms with van der Waals surface area (Å²) in [6.07, 6.45) is 1.56. The number of esters is 1. The molecule has 0 aromatic heterocycles. The number of hydrogen-bond donors (Lipinski definition) is 0. The van der Waals surface area contributed by atoms with Crippen LogP contribution in [0.2, 0.25) is 10.0 Å². The first kappa shape index (κ1) is 25.6. The number of nitrogens with zero attached hydrogens (tertiary/aromatic N) is 1.